The largest absolute Gasteiger partial charge is 0.345 e. The molecule has 1 N–H and O–H groups in total. The SMILES string of the molecule is O=C(N=c1ccn(-c2ccccc2)nc1)Nc1ccc(Cl)cc1. The molecule has 1 heterocycles. The molecular formula is C17H13ClN4O. The normalized spacial score (nSPS) is 11.3. The van der Waals surface area contributed by atoms with Crippen molar-refractivity contribution in [2.45, 2.75) is 0 Å². The number of amides is 2. The van der Waals surface area contributed by atoms with E-state index >= 15 is 0 Å². The summed E-state index contributed by atoms with van der Waals surface area (Å²) >= 11 is 5.80. The zero-order valence-electron chi connectivity index (χ0n) is 12.1. The molecule has 2 aromatic carbocycles. The number of nitrogens with one attached hydrogen (secondary N) is 1. The highest BCUT2D eigenvalue weighted by atomic mass is 35.5. The molecule has 0 unspecified atom stereocenters. The number of nitrogens with zero attached hydrogens (tertiary/aromatic N) is 3. The second-order valence-corrected chi connectivity index (χ2v) is 5.15. The second kappa shape index (κ2) is 6.89. The first-order valence-corrected chi connectivity index (χ1v) is 7.30. The van der Waals surface area contributed by atoms with Gasteiger partial charge >= 0.3 is 6.03 Å². The second-order valence-electron chi connectivity index (χ2n) is 4.71. The number of halogens is 1. The van der Waals surface area contributed by atoms with E-state index in [0.717, 1.165) is 5.69 Å². The first kappa shape index (κ1) is 15.0. The maximum absolute atomic E-state index is 11.9. The van der Waals surface area contributed by atoms with Crippen molar-refractivity contribution in [1.29, 1.82) is 0 Å². The summed E-state index contributed by atoms with van der Waals surface area (Å²) in [6, 6.07) is 17.8. The Hall–Kier alpha value is -2.92. The van der Waals surface area contributed by atoms with Crippen LogP contribution in [-0.4, -0.2) is 15.8 Å². The number of urea groups is 1. The van der Waals surface area contributed by atoms with Gasteiger partial charge in [0.15, 0.2) is 0 Å². The molecule has 23 heavy (non-hydrogen) atoms. The van der Waals surface area contributed by atoms with Crippen molar-refractivity contribution in [3.63, 3.8) is 0 Å². The van der Waals surface area contributed by atoms with Crippen molar-refractivity contribution in [2.24, 2.45) is 4.99 Å². The molecule has 0 saturated carbocycles. The summed E-state index contributed by atoms with van der Waals surface area (Å²) in [6.07, 6.45) is 3.29. The molecule has 3 aromatic rings. The standard InChI is InChI=1S/C17H13ClN4O/c18-13-6-8-14(9-7-13)20-17(23)21-15-10-11-22(19-12-15)16-4-2-1-3-5-16/h1-12H,(H,20,23). The number of rotatable bonds is 2. The van der Waals surface area contributed by atoms with Crippen LogP contribution in [0.2, 0.25) is 5.02 Å². The van der Waals surface area contributed by atoms with E-state index in [1.165, 1.54) is 6.20 Å². The van der Waals surface area contributed by atoms with E-state index in [2.05, 4.69) is 15.4 Å². The molecule has 114 valence electrons. The Morgan fingerprint density at radius 1 is 1.04 bits per heavy atom. The molecule has 0 atom stereocenters. The summed E-state index contributed by atoms with van der Waals surface area (Å²) in [5, 5.41) is 8.00. The van der Waals surface area contributed by atoms with Gasteiger partial charge in [-0.1, -0.05) is 29.8 Å². The third-order valence-corrected chi connectivity index (χ3v) is 3.30. The molecule has 0 bridgehead atoms. The Morgan fingerprint density at radius 3 is 2.43 bits per heavy atom. The summed E-state index contributed by atoms with van der Waals surface area (Å²) in [6.45, 7) is 0. The summed E-state index contributed by atoms with van der Waals surface area (Å²) in [4.78, 5) is 15.8. The summed E-state index contributed by atoms with van der Waals surface area (Å²) in [5.74, 6) is 0. The molecule has 5 nitrogen and oxygen atoms in total. The highest BCUT2D eigenvalue weighted by Crippen LogP contribution is 2.13. The van der Waals surface area contributed by atoms with E-state index in [0.29, 0.717) is 16.1 Å². The van der Waals surface area contributed by atoms with Crippen molar-refractivity contribution < 1.29 is 4.79 Å². The van der Waals surface area contributed by atoms with Crippen LogP contribution in [0.3, 0.4) is 0 Å². The predicted octanol–water partition coefficient (Wildman–Crippen LogP) is 3.66. The van der Waals surface area contributed by atoms with E-state index in [9.17, 15) is 4.79 Å². The van der Waals surface area contributed by atoms with Crippen molar-refractivity contribution in [1.82, 2.24) is 9.78 Å². The number of carbonyl (C=O) groups is 1. The number of para-hydroxylation sites is 1. The average molecular weight is 325 g/mol. The van der Waals surface area contributed by atoms with Crippen LogP contribution < -0.4 is 10.7 Å². The van der Waals surface area contributed by atoms with Gasteiger partial charge in [0.25, 0.3) is 0 Å². The number of benzene rings is 2. The average Bonchev–Trinajstić information content (AvgIpc) is 2.58. The quantitative estimate of drug-likeness (QED) is 0.782. The van der Waals surface area contributed by atoms with E-state index in [1.54, 1.807) is 41.2 Å². The Balaban J connectivity index is 1.74. The minimum atomic E-state index is -0.466. The zero-order valence-corrected chi connectivity index (χ0v) is 12.8. The van der Waals surface area contributed by atoms with Gasteiger partial charge in [-0.25, -0.2) is 9.48 Å². The maximum atomic E-state index is 11.9. The summed E-state index contributed by atoms with van der Waals surface area (Å²) in [5.41, 5.74) is 1.57. The lowest BCUT2D eigenvalue weighted by molar-refractivity contribution is 0.259. The van der Waals surface area contributed by atoms with Crippen LogP contribution in [0.15, 0.2) is 78.0 Å². The van der Waals surface area contributed by atoms with Crippen LogP contribution in [0.5, 0.6) is 0 Å². The van der Waals surface area contributed by atoms with Crippen LogP contribution in [0, 0.1) is 0 Å². The molecule has 6 heteroatoms. The van der Waals surface area contributed by atoms with Crippen molar-refractivity contribution in [2.75, 3.05) is 5.32 Å². The van der Waals surface area contributed by atoms with Gasteiger partial charge in [-0.05, 0) is 42.5 Å². The molecule has 0 aliphatic carbocycles. The van der Waals surface area contributed by atoms with Crippen LogP contribution in [0.4, 0.5) is 10.5 Å². The Labute approximate surface area is 137 Å². The van der Waals surface area contributed by atoms with Gasteiger partial charge in [-0.2, -0.15) is 10.1 Å². The molecule has 0 aliphatic heterocycles. The number of hydrogen-bond acceptors (Lipinski definition) is 2. The molecule has 1 aromatic heterocycles. The molecule has 0 spiro atoms. The predicted molar refractivity (Wildman–Crippen MR) is 89.6 cm³/mol. The van der Waals surface area contributed by atoms with E-state index in [4.69, 9.17) is 11.6 Å². The van der Waals surface area contributed by atoms with Crippen LogP contribution in [-0.2, 0) is 0 Å². The fraction of sp³-hybridized carbons (Fsp3) is 0. The third-order valence-electron chi connectivity index (χ3n) is 3.05. The van der Waals surface area contributed by atoms with Gasteiger partial charge in [0.2, 0.25) is 0 Å². The number of aromatic nitrogens is 2. The fourth-order valence-electron chi connectivity index (χ4n) is 1.95. The molecule has 0 saturated heterocycles. The van der Waals surface area contributed by atoms with E-state index in [-0.39, 0.29) is 0 Å². The van der Waals surface area contributed by atoms with Crippen LogP contribution in [0.25, 0.3) is 5.69 Å². The number of carbonyl (C=O) groups excluding carboxylic acids is 1. The topological polar surface area (TPSA) is 59.3 Å². The summed E-state index contributed by atoms with van der Waals surface area (Å²) < 4.78 is 1.70. The van der Waals surface area contributed by atoms with Crippen LogP contribution >= 0.6 is 11.6 Å². The maximum Gasteiger partial charge on any atom is 0.345 e. The van der Waals surface area contributed by atoms with Gasteiger partial charge < -0.3 is 5.32 Å². The van der Waals surface area contributed by atoms with E-state index in [1.807, 2.05) is 30.3 Å². The van der Waals surface area contributed by atoms with Gasteiger partial charge in [0, 0.05) is 16.9 Å². The molecule has 0 aliphatic rings. The van der Waals surface area contributed by atoms with Crippen molar-refractivity contribution in [3.8, 4) is 5.69 Å². The lowest BCUT2D eigenvalue weighted by atomic mass is 10.3. The smallest absolute Gasteiger partial charge is 0.306 e. The minimum absolute atomic E-state index is 0.466. The van der Waals surface area contributed by atoms with Gasteiger partial charge in [-0.3, -0.25) is 0 Å². The molecule has 0 fully saturated rings. The first-order chi connectivity index (χ1) is 11.2. The number of anilines is 1. The zero-order chi connectivity index (χ0) is 16.1. The van der Waals surface area contributed by atoms with Crippen molar-refractivity contribution in [3.05, 3.63) is 83.4 Å². The first-order valence-electron chi connectivity index (χ1n) is 6.92. The number of hydrogen-bond donors (Lipinski definition) is 1. The van der Waals surface area contributed by atoms with Gasteiger partial charge in [-0.15, -0.1) is 0 Å². The van der Waals surface area contributed by atoms with Gasteiger partial charge in [0.05, 0.1) is 17.2 Å². The third kappa shape index (κ3) is 4.05. The lowest BCUT2D eigenvalue weighted by Gasteiger charge is -2.03. The summed E-state index contributed by atoms with van der Waals surface area (Å²) in [7, 11) is 0. The highest BCUT2D eigenvalue weighted by molar-refractivity contribution is 6.30. The molecule has 0 radical (unpaired) electrons. The van der Waals surface area contributed by atoms with Crippen molar-refractivity contribution >= 4 is 23.3 Å². The monoisotopic (exact) mass is 324 g/mol. The van der Waals surface area contributed by atoms with E-state index < -0.39 is 6.03 Å². The molecule has 3 rings (SSSR count). The Morgan fingerprint density at radius 2 is 1.78 bits per heavy atom. The Bertz CT molecular complexity index is 853. The van der Waals surface area contributed by atoms with Gasteiger partial charge in [0.1, 0.15) is 0 Å². The Kier molecular flexibility index (Phi) is 4.49. The molecular weight excluding hydrogens is 312 g/mol. The minimum Gasteiger partial charge on any atom is -0.306 e. The van der Waals surface area contributed by atoms with Crippen LogP contribution in [0.1, 0.15) is 0 Å². The highest BCUT2D eigenvalue weighted by Gasteiger charge is 1.99. The lowest BCUT2D eigenvalue weighted by Crippen LogP contribution is -2.14. The molecule has 2 amide bonds. The fourth-order valence-corrected chi connectivity index (χ4v) is 2.08.